The van der Waals surface area contributed by atoms with Crippen molar-refractivity contribution in [2.24, 2.45) is 0 Å². The van der Waals surface area contributed by atoms with Crippen molar-refractivity contribution in [3.63, 3.8) is 0 Å². The van der Waals surface area contributed by atoms with E-state index in [0.29, 0.717) is 6.54 Å². The van der Waals surface area contributed by atoms with E-state index in [9.17, 15) is 8.78 Å². The summed E-state index contributed by atoms with van der Waals surface area (Å²) in [5.41, 5.74) is -0.0768. The molecular formula is C11H8BrF2NS. The third-order valence-electron chi connectivity index (χ3n) is 2.03. The predicted octanol–water partition coefficient (Wildman–Crippen LogP) is 4.40. The first-order chi connectivity index (χ1) is 7.66. The van der Waals surface area contributed by atoms with Crippen LogP contribution in [0, 0.1) is 11.6 Å². The van der Waals surface area contributed by atoms with Gasteiger partial charge in [0, 0.05) is 11.4 Å². The number of anilines is 1. The predicted molar refractivity (Wildman–Crippen MR) is 65.7 cm³/mol. The summed E-state index contributed by atoms with van der Waals surface area (Å²) >= 11 is 4.86. The molecule has 0 aliphatic carbocycles. The standard InChI is InChI=1S/C11H8BrF2NS/c12-10-5-4-7(16-10)6-15-11-8(13)2-1-3-9(11)14/h1-5,15H,6H2. The van der Waals surface area contributed by atoms with E-state index in [1.54, 1.807) is 0 Å². The Morgan fingerprint density at radius 2 is 1.81 bits per heavy atom. The maximum absolute atomic E-state index is 13.3. The van der Waals surface area contributed by atoms with E-state index in [1.165, 1.54) is 29.5 Å². The van der Waals surface area contributed by atoms with Gasteiger partial charge in [0.15, 0.2) is 0 Å². The molecule has 0 saturated heterocycles. The Hall–Kier alpha value is -0.940. The lowest BCUT2D eigenvalue weighted by Crippen LogP contribution is -2.02. The molecule has 5 heteroatoms. The Bertz CT molecular complexity index is 478. The summed E-state index contributed by atoms with van der Waals surface area (Å²) in [7, 11) is 0. The second-order valence-electron chi connectivity index (χ2n) is 3.16. The fourth-order valence-corrected chi connectivity index (χ4v) is 2.71. The van der Waals surface area contributed by atoms with Crippen LogP contribution in [0.4, 0.5) is 14.5 Å². The van der Waals surface area contributed by atoms with Crippen LogP contribution in [0.15, 0.2) is 34.1 Å². The molecule has 0 spiro atoms. The Morgan fingerprint density at radius 1 is 1.12 bits per heavy atom. The topological polar surface area (TPSA) is 12.0 Å². The number of hydrogen-bond donors (Lipinski definition) is 1. The van der Waals surface area contributed by atoms with Crippen LogP contribution in [0.25, 0.3) is 0 Å². The van der Waals surface area contributed by atoms with E-state index >= 15 is 0 Å². The molecule has 1 nitrogen and oxygen atoms in total. The van der Waals surface area contributed by atoms with Gasteiger partial charge in [0.1, 0.15) is 17.3 Å². The quantitative estimate of drug-likeness (QED) is 0.886. The molecule has 1 N–H and O–H groups in total. The van der Waals surface area contributed by atoms with Crippen LogP contribution < -0.4 is 5.32 Å². The minimum Gasteiger partial charge on any atom is -0.375 e. The Balaban J connectivity index is 2.10. The highest BCUT2D eigenvalue weighted by atomic mass is 79.9. The summed E-state index contributed by atoms with van der Waals surface area (Å²) in [4.78, 5) is 1.01. The number of rotatable bonds is 3. The van der Waals surface area contributed by atoms with Crippen molar-refractivity contribution in [3.8, 4) is 0 Å². The smallest absolute Gasteiger partial charge is 0.149 e. The highest BCUT2D eigenvalue weighted by Gasteiger charge is 2.07. The van der Waals surface area contributed by atoms with Crippen LogP contribution >= 0.6 is 27.3 Å². The Labute approximate surface area is 104 Å². The van der Waals surface area contributed by atoms with Crippen LogP contribution in [-0.4, -0.2) is 0 Å². The van der Waals surface area contributed by atoms with Gasteiger partial charge in [0.2, 0.25) is 0 Å². The molecule has 0 fully saturated rings. The molecule has 0 amide bonds. The third-order valence-corrected chi connectivity index (χ3v) is 3.65. The first kappa shape index (κ1) is 11.5. The molecule has 0 atom stereocenters. The van der Waals surface area contributed by atoms with Crippen LogP contribution in [0.2, 0.25) is 0 Å². The molecule has 0 radical (unpaired) electrons. The van der Waals surface area contributed by atoms with E-state index in [-0.39, 0.29) is 5.69 Å². The van der Waals surface area contributed by atoms with Gasteiger partial charge < -0.3 is 5.32 Å². The van der Waals surface area contributed by atoms with Crippen molar-refractivity contribution in [3.05, 3.63) is 50.6 Å². The van der Waals surface area contributed by atoms with Crippen LogP contribution in [0.5, 0.6) is 0 Å². The van der Waals surface area contributed by atoms with Gasteiger partial charge in [0.25, 0.3) is 0 Å². The highest BCUT2D eigenvalue weighted by molar-refractivity contribution is 9.11. The number of para-hydroxylation sites is 1. The van der Waals surface area contributed by atoms with Crippen molar-refractivity contribution in [1.82, 2.24) is 0 Å². The molecule has 0 saturated carbocycles. The average Bonchev–Trinajstić information content (AvgIpc) is 2.63. The first-order valence-corrected chi connectivity index (χ1v) is 6.20. The van der Waals surface area contributed by atoms with Gasteiger partial charge in [-0.1, -0.05) is 6.07 Å². The zero-order valence-corrected chi connectivity index (χ0v) is 10.5. The molecular weight excluding hydrogens is 296 g/mol. The summed E-state index contributed by atoms with van der Waals surface area (Å²) in [5.74, 6) is -1.15. The van der Waals surface area contributed by atoms with E-state index in [2.05, 4.69) is 21.2 Å². The summed E-state index contributed by atoms with van der Waals surface area (Å²) in [6.45, 7) is 0.411. The molecule has 2 aromatic rings. The maximum atomic E-state index is 13.3. The van der Waals surface area contributed by atoms with Gasteiger partial charge in [-0.25, -0.2) is 8.78 Å². The van der Waals surface area contributed by atoms with Crippen LogP contribution in [0.3, 0.4) is 0 Å². The normalized spacial score (nSPS) is 10.4. The molecule has 0 aliphatic heterocycles. The summed E-state index contributed by atoms with van der Waals surface area (Å²) < 4.78 is 27.5. The number of hydrogen-bond acceptors (Lipinski definition) is 2. The molecule has 0 aliphatic rings. The second kappa shape index (κ2) is 4.93. The molecule has 1 heterocycles. The Kier molecular flexibility index (Phi) is 3.56. The van der Waals surface area contributed by atoms with Crippen molar-refractivity contribution < 1.29 is 8.78 Å². The highest BCUT2D eigenvalue weighted by Crippen LogP contribution is 2.24. The van der Waals surface area contributed by atoms with Crippen molar-refractivity contribution >= 4 is 33.0 Å². The number of thiophene rings is 1. The second-order valence-corrected chi connectivity index (χ2v) is 5.70. The van der Waals surface area contributed by atoms with Gasteiger partial charge in [-0.2, -0.15) is 0 Å². The van der Waals surface area contributed by atoms with E-state index in [4.69, 9.17) is 0 Å². The molecule has 0 bridgehead atoms. The zero-order valence-electron chi connectivity index (χ0n) is 8.14. The van der Waals surface area contributed by atoms with Crippen LogP contribution in [0.1, 0.15) is 4.88 Å². The molecule has 16 heavy (non-hydrogen) atoms. The van der Waals surface area contributed by atoms with Gasteiger partial charge in [-0.3, -0.25) is 0 Å². The lowest BCUT2D eigenvalue weighted by molar-refractivity contribution is 0.588. The first-order valence-electron chi connectivity index (χ1n) is 4.59. The monoisotopic (exact) mass is 303 g/mol. The Morgan fingerprint density at radius 3 is 2.38 bits per heavy atom. The fourth-order valence-electron chi connectivity index (χ4n) is 1.29. The van der Waals surface area contributed by atoms with Crippen LogP contribution in [-0.2, 0) is 6.54 Å². The number of nitrogens with one attached hydrogen (secondary N) is 1. The molecule has 84 valence electrons. The van der Waals surface area contributed by atoms with Crippen molar-refractivity contribution in [1.29, 1.82) is 0 Å². The molecule has 1 aromatic carbocycles. The largest absolute Gasteiger partial charge is 0.375 e. The number of benzene rings is 1. The molecule has 1 aromatic heterocycles. The minimum atomic E-state index is -0.573. The van der Waals surface area contributed by atoms with E-state index < -0.39 is 11.6 Å². The van der Waals surface area contributed by atoms with Crippen molar-refractivity contribution in [2.45, 2.75) is 6.54 Å². The van der Waals surface area contributed by atoms with Gasteiger partial charge in [0.05, 0.1) is 3.79 Å². The van der Waals surface area contributed by atoms with Crippen molar-refractivity contribution in [2.75, 3.05) is 5.32 Å². The van der Waals surface area contributed by atoms with Gasteiger partial charge >= 0.3 is 0 Å². The summed E-state index contributed by atoms with van der Waals surface area (Å²) in [6, 6.07) is 7.61. The number of halogens is 3. The fraction of sp³-hybridized carbons (Fsp3) is 0.0909. The van der Waals surface area contributed by atoms with Gasteiger partial charge in [-0.15, -0.1) is 11.3 Å². The third kappa shape index (κ3) is 2.59. The summed E-state index contributed by atoms with van der Waals surface area (Å²) in [6.07, 6.45) is 0. The zero-order chi connectivity index (χ0) is 11.5. The van der Waals surface area contributed by atoms with Gasteiger partial charge in [-0.05, 0) is 40.2 Å². The summed E-state index contributed by atoms with van der Waals surface area (Å²) in [5, 5.41) is 2.75. The minimum absolute atomic E-state index is 0.0768. The SMILES string of the molecule is Fc1cccc(F)c1NCc1ccc(Br)s1. The molecule has 0 unspecified atom stereocenters. The average molecular weight is 304 g/mol. The molecule has 2 rings (SSSR count). The lowest BCUT2D eigenvalue weighted by atomic mass is 10.3. The maximum Gasteiger partial charge on any atom is 0.149 e. The van der Waals surface area contributed by atoms with E-state index in [1.807, 2.05) is 12.1 Å². The van der Waals surface area contributed by atoms with E-state index in [0.717, 1.165) is 8.66 Å². The lowest BCUT2D eigenvalue weighted by Gasteiger charge is -2.06.